The van der Waals surface area contributed by atoms with Crippen molar-refractivity contribution in [3.8, 4) is 11.4 Å². The standard InChI is InChI=1S/C13H14N6/c1-19-11-5-9(6-14-10(11)7-15-19)13-16-12(17-18-13)8-3-2-4-8/h5-8H,2-4H2,1H3,(H,16,17,18). The van der Waals surface area contributed by atoms with E-state index in [1.54, 1.807) is 12.4 Å². The van der Waals surface area contributed by atoms with Crippen LogP contribution in [0.25, 0.3) is 22.4 Å². The summed E-state index contributed by atoms with van der Waals surface area (Å²) >= 11 is 0. The van der Waals surface area contributed by atoms with Crippen LogP contribution in [0.15, 0.2) is 18.5 Å². The molecule has 1 aliphatic rings. The third-order valence-electron chi connectivity index (χ3n) is 3.85. The van der Waals surface area contributed by atoms with E-state index < -0.39 is 0 Å². The van der Waals surface area contributed by atoms with Crippen molar-refractivity contribution in [3.05, 3.63) is 24.3 Å². The van der Waals surface area contributed by atoms with E-state index >= 15 is 0 Å². The van der Waals surface area contributed by atoms with Crippen molar-refractivity contribution in [2.45, 2.75) is 25.2 Å². The van der Waals surface area contributed by atoms with E-state index in [2.05, 4.69) is 25.3 Å². The van der Waals surface area contributed by atoms with Gasteiger partial charge in [0.05, 0.1) is 11.7 Å². The van der Waals surface area contributed by atoms with Gasteiger partial charge in [-0.2, -0.15) is 10.2 Å². The van der Waals surface area contributed by atoms with Crippen LogP contribution in [-0.2, 0) is 7.05 Å². The van der Waals surface area contributed by atoms with E-state index in [0.29, 0.717) is 5.92 Å². The Balaban J connectivity index is 1.76. The van der Waals surface area contributed by atoms with Gasteiger partial charge in [0.25, 0.3) is 0 Å². The van der Waals surface area contributed by atoms with Crippen LogP contribution in [0, 0.1) is 0 Å². The predicted molar refractivity (Wildman–Crippen MR) is 70.5 cm³/mol. The number of H-pyrrole nitrogens is 1. The van der Waals surface area contributed by atoms with Gasteiger partial charge in [-0.05, 0) is 18.9 Å². The second-order valence-electron chi connectivity index (χ2n) is 5.07. The average Bonchev–Trinajstić information content (AvgIpc) is 2.95. The van der Waals surface area contributed by atoms with Gasteiger partial charge in [0, 0.05) is 24.7 Å². The molecule has 1 fully saturated rings. The zero-order valence-corrected chi connectivity index (χ0v) is 10.7. The van der Waals surface area contributed by atoms with Crippen molar-refractivity contribution < 1.29 is 0 Å². The average molecular weight is 254 g/mol. The van der Waals surface area contributed by atoms with Crippen LogP contribution >= 0.6 is 0 Å². The second-order valence-corrected chi connectivity index (χ2v) is 5.07. The number of hydrogen-bond donors (Lipinski definition) is 1. The van der Waals surface area contributed by atoms with Crippen LogP contribution < -0.4 is 0 Å². The van der Waals surface area contributed by atoms with E-state index in [1.165, 1.54) is 19.3 Å². The van der Waals surface area contributed by atoms with Gasteiger partial charge < -0.3 is 0 Å². The largest absolute Gasteiger partial charge is 0.266 e. The zero-order chi connectivity index (χ0) is 12.8. The molecule has 0 aliphatic heterocycles. The molecule has 1 saturated carbocycles. The van der Waals surface area contributed by atoms with Gasteiger partial charge in [0.15, 0.2) is 5.82 Å². The molecule has 6 heteroatoms. The molecule has 3 heterocycles. The van der Waals surface area contributed by atoms with Gasteiger partial charge in [-0.3, -0.25) is 14.8 Å². The van der Waals surface area contributed by atoms with Crippen molar-refractivity contribution in [2.24, 2.45) is 7.05 Å². The first kappa shape index (κ1) is 10.7. The molecule has 0 atom stereocenters. The van der Waals surface area contributed by atoms with E-state index in [1.807, 2.05) is 17.8 Å². The monoisotopic (exact) mass is 254 g/mol. The normalized spacial score (nSPS) is 15.8. The first-order valence-electron chi connectivity index (χ1n) is 6.52. The van der Waals surface area contributed by atoms with Crippen LogP contribution in [0.5, 0.6) is 0 Å². The minimum absolute atomic E-state index is 0.564. The highest BCUT2D eigenvalue weighted by Crippen LogP contribution is 2.34. The Morgan fingerprint density at radius 1 is 1.32 bits per heavy atom. The molecular formula is C13H14N6. The summed E-state index contributed by atoms with van der Waals surface area (Å²) < 4.78 is 1.81. The molecule has 1 N–H and O–H groups in total. The Kier molecular flexibility index (Phi) is 2.18. The third-order valence-corrected chi connectivity index (χ3v) is 3.85. The van der Waals surface area contributed by atoms with Crippen LogP contribution in [0.2, 0.25) is 0 Å². The number of aromatic nitrogens is 6. The molecule has 1 aliphatic carbocycles. The fourth-order valence-electron chi connectivity index (χ4n) is 2.42. The number of nitrogens with one attached hydrogen (secondary N) is 1. The quantitative estimate of drug-likeness (QED) is 0.759. The molecule has 0 saturated heterocycles. The molecule has 0 bridgehead atoms. The molecule has 6 nitrogen and oxygen atoms in total. The molecule has 3 aromatic heterocycles. The lowest BCUT2D eigenvalue weighted by atomic mass is 9.85. The molecule has 96 valence electrons. The number of fused-ring (bicyclic) bond motifs is 1. The van der Waals surface area contributed by atoms with Crippen LogP contribution in [0.4, 0.5) is 0 Å². The van der Waals surface area contributed by atoms with Crippen molar-refractivity contribution in [2.75, 3.05) is 0 Å². The van der Waals surface area contributed by atoms with Crippen molar-refractivity contribution >= 4 is 11.0 Å². The molecule has 3 aromatic rings. The van der Waals surface area contributed by atoms with Gasteiger partial charge in [0.1, 0.15) is 11.3 Å². The zero-order valence-electron chi connectivity index (χ0n) is 10.7. The smallest absolute Gasteiger partial charge is 0.182 e. The topological polar surface area (TPSA) is 72.3 Å². The summed E-state index contributed by atoms with van der Waals surface area (Å²) in [6.07, 6.45) is 7.29. The lowest BCUT2D eigenvalue weighted by molar-refractivity contribution is 0.402. The summed E-state index contributed by atoms with van der Waals surface area (Å²) in [7, 11) is 1.91. The predicted octanol–water partition coefficient (Wildman–Crippen LogP) is 2.02. The second kappa shape index (κ2) is 3.88. The van der Waals surface area contributed by atoms with Gasteiger partial charge in [-0.15, -0.1) is 0 Å². The summed E-state index contributed by atoms with van der Waals surface area (Å²) in [5, 5.41) is 11.5. The summed E-state index contributed by atoms with van der Waals surface area (Å²) in [5.41, 5.74) is 2.81. The molecule has 0 unspecified atom stereocenters. The summed E-state index contributed by atoms with van der Waals surface area (Å²) in [4.78, 5) is 8.98. The first-order valence-corrected chi connectivity index (χ1v) is 6.52. The summed E-state index contributed by atoms with van der Waals surface area (Å²) in [5.74, 6) is 2.29. The SMILES string of the molecule is Cn1ncc2ncc(-c3n[nH]c(C4CCC4)n3)cc21. The van der Waals surface area contributed by atoms with E-state index in [-0.39, 0.29) is 0 Å². The van der Waals surface area contributed by atoms with Gasteiger partial charge in [-0.1, -0.05) is 6.42 Å². The minimum Gasteiger partial charge on any atom is -0.266 e. The Labute approximate surface area is 109 Å². The number of nitrogens with zero attached hydrogens (tertiary/aromatic N) is 5. The highest BCUT2D eigenvalue weighted by Gasteiger charge is 2.23. The Morgan fingerprint density at radius 3 is 3.00 bits per heavy atom. The van der Waals surface area contributed by atoms with Gasteiger partial charge in [-0.25, -0.2) is 4.98 Å². The third kappa shape index (κ3) is 1.63. The lowest BCUT2D eigenvalue weighted by Gasteiger charge is -2.22. The van der Waals surface area contributed by atoms with Gasteiger partial charge in [0.2, 0.25) is 0 Å². The lowest BCUT2D eigenvalue weighted by Crippen LogP contribution is -2.10. The summed E-state index contributed by atoms with van der Waals surface area (Å²) in [6, 6.07) is 2.03. The van der Waals surface area contributed by atoms with Gasteiger partial charge >= 0.3 is 0 Å². The maximum atomic E-state index is 4.59. The van der Waals surface area contributed by atoms with E-state index in [4.69, 9.17) is 0 Å². The van der Waals surface area contributed by atoms with E-state index in [0.717, 1.165) is 28.2 Å². The Hall–Kier alpha value is -2.24. The Morgan fingerprint density at radius 2 is 2.21 bits per heavy atom. The Bertz CT molecular complexity index is 737. The number of rotatable bonds is 2. The number of aryl methyl sites for hydroxylation is 1. The minimum atomic E-state index is 0.564. The number of hydrogen-bond acceptors (Lipinski definition) is 4. The van der Waals surface area contributed by atoms with Crippen molar-refractivity contribution in [1.29, 1.82) is 0 Å². The molecule has 0 radical (unpaired) electrons. The van der Waals surface area contributed by atoms with Crippen molar-refractivity contribution in [3.63, 3.8) is 0 Å². The highest BCUT2D eigenvalue weighted by molar-refractivity contribution is 5.78. The molecular weight excluding hydrogens is 240 g/mol. The van der Waals surface area contributed by atoms with E-state index in [9.17, 15) is 0 Å². The maximum Gasteiger partial charge on any atom is 0.182 e. The number of pyridine rings is 1. The molecule has 4 rings (SSSR count). The fraction of sp³-hybridized carbons (Fsp3) is 0.385. The molecule has 0 spiro atoms. The maximum absolute atomic E-state index is 4.59. The molecule has 0 aromatic carbocycles. The number of aromatic amines is 1. The fourth-order valence-corrected chi connectivity index (χ4v) is 2.42. The van der Waals surface area contributed by atoms with Crippen molar-refractivity contribution in [1.82, 2.24) is 29.9 Å². The highest BCUT2D eigenvalue weighted by atomic mass is 15.3. The molecule has 0 amide bonds. The summed E-state index contributed by atoms with van der Waals surface area (Å²) in [6.45, 7) is 0. The van der Waals surface area contributed by atoms with Crippen LogP contribution in [0.3, 0.4) is 0 Å². The first-order chi connectivity index (χ1) is 9.31. The van der Waals surface area contributed by atoms with Crippen LogP contribution in [0.1, 0.15) is 31.0 Å². The van der Waals surface area contributed by atoms with Crippen LogP contribution in [-0.4, -0.2) is 29.9 Å². The molecule has 19 heavy (non-hydrogen) atoms.